The molecule has 1 aromatic carbocycles. The van der Waals surface area contributed by atoms with Gasteiger partial charge in [-0.25, -0.2) is 0 Å². The van der Waals surface area contributed by atoms with Gasteiger partial charge in [-0.3, -0.25) is 14.2 Å². The molecule has 6 nitrogen and oxygen atoms in total. The highest BCUT2D eigenvalue weighted by Crippen LogP contribution is 2.20. The number of nitrogens with zero attached hydrogens (tertiary/aromatic N) is 4. The molecule has 0 radical (unpaired) electrons. The first-order valence-electron chi connectivity index (χ1n) is 8.41. The normalized spacial score (nSPS) is 11.0. The molecule has 3 rings (SSSR count). The van der Waals surface area contributed by atoms with E-state index in [-0.39, 0.29) is 5.91 Å². The second-order valence-electron chi connectivity index (χ2n) is 6.42. The van der Waals surface area contributed by atoms with Gasteiger partial charge in [0, 0.05) is 18.3 Å². The van der Waals surface area contributed by atoms with Crippen LogP contribution >= 0.6 is 11.6 Å². The number of carbonyl (C=O) groups excluding carboxylic acids is 1. The number of carbonyl (C=O) groups is 1. The monoisotopic (exact) mass is 371 g/mol. The van der Waals surface area contributed by atoms with Crippen molar-refractivity contribution in [3.05, 3.63) is 69.3 Å². The minimum absolute atomic E-state index is 0.117. The van der Waals surface area contributed by atoms with Crippen molar-refractivity contribution in [1.82, 2.24) is 24.9 Å². The van der Waals surface area contributed by atoms with Gasteiger partial charge in [0.15, 0.2) is 0 Å². The summed E-state index contributed by atoms with van der Waals surface area (Å²) < 4.78 is 3.66. The summed E-state index contributed by atoms with van der Waals surface area (Å²) in [5.74, 6) is -0.117. The van der Waals surface area contributed by atoms with Gasteiger partial charge in [-0.05, 0) is 44.5 Å². The molecule has 7 heteroatoms. The number of benzene rings is 1. The summed E-state index contributed by atoms with van der Waals surface area (Å²) in [5.41, 5.74) is 5.35. The Bertz CT molecular complexity index is 920. The quantitative estimate of drug-likeness (QED) is 0.749. The van der Waals surface area contributed by atoms with Crippen molar-refractivity contribution in [2.24, 2.45) is 7.05 Å². The predicted molar refractivity (Wildman–Crippen MR) is 101 cm³/mol. The first kappa shape index (κ1) is 18.2. The zero-order chi connectivity index (χ0) is 18.8. The Labute approximate surface area is 157 Å². The molecule has 1 amide bonds. The van der Waals surface area contributed by atoms with E-state index in [9.17, 15) is 4.79 Å². The molecule has 0 saturated heterocycles. The molecule has 0 spiro atoms. The van der Waals surface area contributed by atoms with Gasteiger partial charge in [-0.2, -0.15) is 10.2 Å². The second kappa shape index (κ2) is 7.33. The molecule has 2 heterocycles. The van der Waals surface area contributed by atoms with Gasteiger partial charge in [-0.15, -0.1) is 0 Å². The maximum Gasteiger partial charge on any atom is 0.251 e. The van der Waals surface area contributed by atoms with Crippen LogP contribution in [0.25, 0.3) is 0 Å². The smallest absolute Gasteiger partial charge is 0.251 e. The van der Waals surface area contributed by atoms with Crippen LogP contribution in [0, 0.1) is 20.8 Å². The lowest BCUT2D eigenvalue weighted by Gasteiger charge is -2.07. The van der Waals surface area contributed by atoms with Crippen molar-refractivity contribution in [2.45, 2.75) is 33.9 Å². The van der Waals surface area contributed by atoms with E-state index in [0.29, 0.717) is 23.7 Å². The Balaban J connectivity index is 1.63. The minimum Gasteiger partial charge on any atom is -0.346 e. The van der Waals surface area contributed by atoms with E-state index in [0.717, 1.165) is 28.3 Å². The van der Waals surface area contributed by atoms with Crippen molar-refractivity contribution >= 4 is 17.5 Å². The van der Waals surface area contributed by atoms with Crippen LogP contribution in [-0.2, 0) is 20.1 Å². The summed E-state index contributed by atoms with van der Waals surface area (Å²) in [6, 6.07) is 9.47. The number of hydrogen-bond acceptors (Lipinski definition) is 3. The third-order valence-corrected chi connectivity index (χ3v) is 4.98. The summed E-state index contributed by atoms with van der Waals surface area (Å²) >= 11 is 6.19. The van der Waals surface area contributed by atoms with Crippen LogP contribution < -0.4 is 5.32 Å². The topological polar surface area (TPSA) is 64.7 Å². The van der Waals surface area contributed by atoms with Crippen LogP contribution in [0.1, 0.15) is 38.7 Å². The Morgan fingerprint density at radius 1 is 1.15 bits per heavy atom. The minimum atomic E-state index is -0.117. The average molecular weight is 372 g/mol. The molecule has 0 fully saturated rings. The Morgan fingerprint density at radius 3 is 2.38 bits per heavy atom. The van der Waals surface area contributed by atoms with Crippen LogP contribution in [0.2, 0.25) is 5.02 Å². The first-order chi connectivity index (χ1) is 12.3. The number of aromatic nitrogens is 4. The summed E-state index contributed by atoms with van der Waals surface area (Å²) in [6.45, 7) is 6.85. The molecule has 0 aliphatic heterocycles. The molecule has 3 aromatic rings. The SMILES string of the molecule is Cc1nn(Cc2ccc(C(=O)NCc3cc(C)n(C)n3)cc2)c(C)c1Cl. The van der Waals surface area contributed by atoms with Gasteiger partial charge >= 0.3 is 0 Å². The first-order valence-corrected chi connectivity index (χ1v) is 8.79. The number of rotatable bonds is 5. The number of nitrogens with one attached hydrogen (secondary N) is 1. The van der Waals surface area contributed by atoms with Crippen LogP contribution in [0.15, 0.2) is 30.3 Å². The second-order valence-corrected chi connectivity index (χ2v) is 6.80. The van der Waals surface area contributed by atoms with E-state index in [1.807, 2.05) is 62.8 Å². The van der Waals surface area contributed by atoms with Crippen LogP contribution in [-0.4, -0.2) is 25.5 Å². The van der Waals surface area contributed by atoms with Crippen LogP contribution in [0.5, 0.6) is 0 Å². The fraction of sp³-hybridized carbons (Fsp3) is 0.316. The van der Waals surface area contributed by atoms with Gasteiger partial charge in [0.25, 0.3) is 5.91 Å². The van der Waals surface area contributed by atoms with Gasteiger partial charge in [0.2, 0.25) is 0 Å². The lowest BCUT2D eigenvalue weighted by molar-refractivity contribution is 0.0950. The highest BCUT2D eigenvalue weighted by atomic mass is 35.5. The summed E-state index contributed by atoms with van der Waals surface area (Å²) in [7, 11) is 1.88. The summed E-state index contributed by atoms with van der Waals surface area (Å²) in [6.07, 6.45) is 0. The van der Waals surface area contributed by atoms with E-state index in [4.69, 9.17) is 11.6 Å². The molecule has 0 aliphatic rings. The summed E-state index contributed by atoms with van der Waals surface area (Å²) in [5, 5.41) is 12.4. The van der Waals surface area contributed by atoms with E-state index in [1.54, 1.807) is 4.68 Å². The van der Waals surface area contributed by atoms with Crippen molar-refractivity contribution in [1.29, 1.82) is 0 Å². The number of aryl methyl sites for hydroxylation is 3. The molecular formula is C19H22ClN5O. The molecular weight excluding hydrogens is 350 g/mol. The molecule has 0 unspecified atom stereocenters. The maximum atomic E-state index is 12.3. The third-order valence-electron chi connectivity index (χ3n) is 4.44. The highest BCUT2D eigenvalue weighted by Gasteiger charge is 2.11. The van der Waals surface area contributed by atoms with Crippen LogP contribution in [0.3, 0.4) is 0 Å². The Kier molecular flexibility index (Phi) is 5.13. The Morgan fingerprint density at radius 2 is 1.85 bits per heavy atom. The van der Waals surface area contributed by atoms with Gasteiger partial charge in [0.05, 0.1) is 35.2 Å². The molecule has 0 bridgehead atoms. The van der Waals surface area contributed by atoms with Gasteiger partial charge < -0.3 is 5.32 Å². The third kappa shape index (κ3) is 3.80. The molecule has 2 aromatic heterocycles. The van der Waals surface area contributed by atoms with E-state index >= 15 is 0 Å². The standard InChI is InChI=1S/C19H22ClN5O/c1-12-9-17(23-24(12)4)10-21-19(26)16-7-5-15(6-8-16)11-25-14(3)18(20)13(2)22-25/h5-9H,10-11H2,1-4H3,(H,21,26). The molecule has 1 N–H and O–H groups in total. The molecule has 0 aliphatic carbocycles. The van der Waals surface area contributed by atoms with E-state index < -0.39 is 0 Å². The van der Waals surface area contributed by atoms with Crippen molar-refractivity contribution in [3.8, 4) is 0 Å². The Hall–Kier alpha value is -2.60. The molecule has 26 heavy (non-hydrogen) atoms. The summed E-state index contributed by atoms with van der Waals surface area (Å²) in [4.78, 5) is 12.3. The number of hydrogen-bond donors (Lipinski definition) is 1. The molecule has 0 saturated carbocycles. The van der Waals surface area contributed by atoms with Crippen molar-refractivity contribution in [3.63, 3.8) is 0 Å². The van der Waals surface area contributed by atoms with E-state index in [1.165, 1.54) is 0 Å². The fourth-order valence-corrected chi connectivity index (χ4v) is 2.89. The molecule has 136 valence electrons. The van der Waals surface area contributed by atoms with Crippen molar-refractivity contribution < 1.29 is 4.79 Å². The lowest BCUT2D eigenvalue weighted by atomic mass is 10.1. The number of halogens is 1. The zero-order valence-electron chi connectivity index (χ0n) is 15.4. The van der Waals surface area contributed by atoms with Crippen molar-refractivity contribution in [2.75, 3.05) is 0 Å². The zero-order valence-corrected chi connectivity index (χ0v) is 16.1. The van der Waals surface area contributed by atoms with Gasteiger partial charge in [-0.1, -0.05) is 23.7 Å². The van der Waals surface area contributed by atoms with E-state index in [2.05, 4.69) is 15.5 Å². The lowest BCUT2D eigenvalue weighted by Crippen LogP contribution is -2.23. The average Bonchev–Trinajstić information content (AvgIpc) is 3.07. The van der Waals surface area contributed by atoms with Crippen LogP contribution in [0.4, 0.5) is 0 Å². The molecule has 0 atom stereocenters. The largest absolute Gasteiger partial charge is 0.346 e. The highest BCUT2D eigenvalue weighted by molar-refractivity contribution is 6.31. The van der Waals surface area contributed by atoms with Gasteiger partial charge in [0.1, 0.15) is 0 Å². The predicted octanol–water partition coefficient (Wildman–Crippen LogP) is 3.17. The number of amides is 1. The fourth-order valence-electron chi connectivity index (χ4n) is 2.76. The maximum absolute atomic E-state index is 12.3.